The number of piperidine rings is 1. The van der Waals surface area contributed by atoms with Crippen LogP contribution in [0.1, 0.15) is 51.4 Å². The van der Waals surface area contributed by atoms with Crippen LogP contribution in [0, 0.1) is 29.1 Å². The minimum absolute atomic E-state index is 0.0168. The number of para-hydroxylation sites is 1. The quantitative estimate of drug-likeness (QED) is 0.454. The maximum absolute atomic E-state index is 13.6. The molecule has 4 saturated carbocycles. The van der Waals surface area contributed by atoms with E-state index in [1.807, 2.05) is 28.8 Å². The van der Waals surface area contributed by atoms with Gasteiger partial charge in [-0.15, -0.1) is 0 Å². The van der Waals surface area contributed by atoms with Crippen LogP contribution in [-0.4, -0.2) is 34.9 Å². The number of carbonyl (C=O) groups is 1. The summed E-state index contributed by atoms with van der Waals surface area (Å²) in [5, 5.41) is 3.01. The predicted octanol–water partition coefficient (Wildman–Crippen LogP) is 5.65. The Morgan fingerprint density at radius 3 is 2.03 bits per heavy atom. The van der Waals surface area contributed by atoms with Gasteiger partial charge in [0.15, 0.2) is 5.78 Å². The number of hydrogen-bond acceptors (Lipinski definition) is 3. The van der Waals surface area contributed by atoms with Gasteiger partial charge in [0, 0.05) is 22.7 Å². The molecule has 0 atom stereocenters. The molecule has 1 aromatic heterocycles. The fourth-order valence-corrected chi connectivity index (χ4v) is 8.69. The summed E-state index contributed by atoms with van der Waals surface area (Å²) in [6, 6.07) is 16.3. The average molecular weight is 469 g/mol. The van der Waals surface area contributed by atoms with E-state index in [1.165, 1.54) is 38.5 Å². The summed E-state index contributed by atoms with van der Waals surface area (Å²) in [4.78, 5) is 29.4. The lowest BCUT2D eigenvalue weighted by Gasteiger charge is -2.56. The van der Waals surface area contributed by atoms with E-state index in [1.54, 1.807) is 0 Å². The largest absolute Gasteiger partial charge is 0.307 e. The minimum atomic E-state index is 0.0168. The van der Waals surface area contributed by atoms with E-state index in [4.69, 9.17) is 0 Å². The molecule has 0 spiro atoms. The number of ketones is 1. The fraction of sp³-hybridized carbons (Fsp3) is 0.548. The summed E-state index contributed by atoms with van der Waals surface area (Å²) < 4.78 is 2.01. The lowest BCUT2D eigenvalue weighted by atomic mass is 9.48. The summed E-state index contributed by atoms with van der Waals surface area (Å²) in [5.74, 6) is 3.50. The van der Waals surface area contributed by atoms with Crippen molar-refractivity contribution in [3.05, 3.63) is 58.9 Å². The highest BCUT2D eigenvalue weighted by molar-refractivity contribution is 6.05. The Balaban J connectivity index is 1.05. The highest BCUT2D eigenvalue weighted by Crippen LogP contribution is 2.60. The van der Waals surface area contributed by atoms with Crippen molar-refractivity contribution in [1.82, 2.24) is 9.47 Å². The Morgan fingerprint density at radius 2 is 1.37 bits per heavy atom. The van der Waals surface area contributed by atoms with Crippen molar-refractivity contribution in [2.75, 3.05) is 19.6 Å². The van der Waals surface area contributed by atoms with Crippen LogP contribution in [0.5, 0.6) is 0 Å². The van der Waals surface area contributed by atoms with Gasteiger partial charge in [0.25, 0.3) is 5.56 Å². The second kappa shape index (κ2) is 8.30. The van der Waals surface area contributed by atoms with Crippen LogP contribution in [0.4, 0.5) is 0 Å². The van der Waals surface area contributed by atoms with Gasteiger partial charge >= 0.3 is 0 Å². The smallest absolute Gasteiger partial charge is 0.258 e. The molecule has 1 aliphatic heterocycles. The Morgan fingerprint density at radius 1 is 0.800 bits per heavy atom. The Hall–Kier alpha value is -2.46. The van der Waals surface area contributed by atoms with E-state index < -0.39 is 0 Å². The molecule has 2 aromatic carbocycles. The predicted molar refractivity (Wildman–Crippen MR) is 140 cm³/mol. The van der Waals surface area contributed by atoms with Crippen molar-refractivity contribution in [2.24, 2.45) is 29.1 Å². The van der Waals surface area contributed by atoms with Crippen LogP contribution in [0.3, 0.4) is 0 Å². The van der Waals surface area contributed by atoms with Crippen molar-refractivity contribution >= 4 is 27.5 Å². The highest BCUT2D eigenvalue weighted by atomic mass is 16.1. The molecule has 1 saturated heterocycles. The number of aromatic nitrogens is 1. The van der Waals surface area contributed by atoms with Gasteiger partial charge in [0.05, 0.1) is 12.1 Å². The Bertz CT molecular complexity index is 1310. The number of benzene rings is 2. The van der Waals surface area contributed by atoms with Crippen molar-refractivity contribution in [1.29, 1.82) is 0 Å². The molecule has 0 unspecified atom stereocenters. The first-order valence-electron chi connectivity index (χ1n) is 13.8. The molecule has 4 aliphatic carbocycles. The molecule has 5 fully saturated rings. The van der Waals surface area contributed by atoms with E-state index in [2.05, 4.69) is 29.2 Å². The van der Waals surface area contributed by atoms with Crippen LogP contribution in [0.25, 0.3) is 21.7 Å². The second-order valence-corrected chi connectivity index (χ2v) is 12.3. The van der Waals surface area contributed by atoms with Gasteiger partial charge in [-0.1, -0.05) is 36.4 Å². The summed E-state index contributed by atoms with van der Waals surface area (Å²) in [6.45, 7) is 3.37. The first-order chi connectivity index (χ1) is 17.1. The monoisotopic (exact) mass is 468 g/mol. The number of pyridine rings is 1. The zero-order valence-electron chi connectivity index (χ0n) is 20.6. The van der Waals surface area contributed by atoms with Gasteiger partial charge in [-0.05, 0) is 106 Å². The van der Waals surface area contributed by atoms with Crippen LogP contribution < -0.4 is 5.56 Å². The van der Waals surface area contributed by atoms with E-state index in [9.17, 15) is 9.59 Å². The van der Waals surface area contributed by atoms with Crippen LogP contribution in [0.15, 0.2) is 53.3 Å². The van der Waals surface area contributed by atoms with Crippen LogP contribution in [-0.2, 0) is 11.3 Å². The van der Waals surface area contributed by atoms with Gasteiger partial charge in [-0.25, -0.2) is 0 Å². The Kier molecular flexibility index (Phi) is 5.17. The number of fused-ring (bicyclic) bond motifs is 3. The number of rotatable bonds is 5. The third-order valence-corrected chi connectivity index (χ3v) is 10.0. The number of likely N-dealkylation sites (tertiary alicyclic amines) is 1. The van der Waals surface area contributed by atoms with Crippen molar-refractivity contribution in [3.8, 4) is 0 Å². The topological polar surface area (TPSA) is 42.3 Å². The SMILES string of the molecule is O=C(CN1CCC(Cn2c(=O)c3ccccc3c3ccccc32)CC1)C12CC3CC(CC(C3)C1)C2. The number of carbonyl (C=O) groups excluding carboxylic acids is 1. The van der Waals surface area contributed by atoms with Gasteiger partial charge in [0.1, 0.15) is 0 Å². The van der Waals surface area contributed by atoms with E-state index in [0.717, 1.165) is 71.9 Å². The van der Waals surface area contributed by atoms with Gasteiger partial charge in [-0.3, -0.25) is 14.5 Å². The number of hydrogen-bond donors (Lipinski definition) is 0. The molecule has 8 rings (SSSR count). The molecule has 0 radical (unpaired) electrons. The van der Waals surface area contributed by atoms with Crippen molar-refractivity contribution < 1.29 is 4.79 Å². The fourth-order valence-electron chi connectivity index (χ4n) is 8.69. The van der Waals surface area contributed by atoms with Gasteiger partial charge in [-0.2, -0.15) is 0 Å². The van der Waals surface area contributed by atoms with E-state index in [0.29, 0.717) is 18.2 Å². The zero-order valence-corrected chi connectivity index (χ0v) is 20.6. The van der Waals surface area contributed by atoms with Crippen molar-refractivity contribution in [2.45, 2.75) is 57.9 Å². The lowest BCUT2D eigenvalue weighted by Crippen LogP contribution is -2.53. The Labute approximate surface area is 207 Å². The van der Waals surface area contributed by atoms with Crippen LogP contribution in [0.2, 0.25) is 0 Å². The second-order valence-electron chi connectivity index (χ2n) is 12.3. The normalized spacial score (nSPS) is 30.9. The molecule has 4 heteroatoms. The molecule has 182 valence electrons. The molecule has 2 heterocycles. The maximum Gasteiger partial charge on any atom is 0.258 e. The first-order valence-corrected chi connectivity index (χ1v) is 13.8. The van der Waals surface area contributed by atoms with Gasteiger partial charge < -0.3 is 4.57 Å². The van der Waals surface area contributed by atoms with Gasteiger partial charge in [0.2, 0.25) is 0 Å². The average Bonchev–Trinajstić information content (AvgIpc) is 2.87. The molecule has 35 heavy (non-hydrogen) atoms. The maximum atomic E-state index is 13.6. The standard InChI is InChI=1S/C31H36N2O2/c34-29(31-16-22-13-23(17-31)15-24(14-22)18-31)20-32-11-9-21(10-12-32)19-33-28-8-4-3-6-26(28)25-5-1-2-7-27(25)30(33)35/h1-8,21-24H,9-20H2. The summed E-state index contributed by atoms with van der Waals surface area (Å²) >= 11 is 0. The molecule has 4 bridgehead atoms. The third-order valence-electron chi connectivity index (χ3n) is 10.0. The molecule has 0 N–H and O–H groups in total. The number of Topliss-reactive ketones (excluding diaryl/α,β-unsaturated/α-hetero) is 1. The third kappa shape index (κ3) is 3.67. The molecule has 4 nitrogen and oxygen atoms in total. The van der Waals surface area contributed by atoms with Crippen molar-refractivity contribution in [3.63, 3.8) is 0 Å². The summed E-state index contributed by atoms with van der Waals surface area (Å²) in [5.41, 5.74) is 1.18. The summed E-state index contributed by atoms with van der Waals surface area (Å²) in [7, 11) is 0. The minimum Gasteiger partial charge on any atom is -0.307 e. The lowest BCUT2D eigenvalue weighted by molar-refractivity contribution is -0.145. The zero-order chi connectivity index (χ0) is 23.6. The van der Waals surface area contributed by atoms with Crippen LogP contribution >= 0.6 is 0 Å². The first kappa shape index (κ1) is 21.8. The molecular formula is C31H36N2O2. The number of nitrogens with zero attached hydrogens (tertiary/aromatic N) is 2. The molecular weight excluding hydrogens is 432 g/mol. The molecule has 5 aliphatic rings. The van der Waals surface area contributed by atoms with E-state index >= 15 is 0 Å². The van der Waals surface area contributed by atoms with E-state index in [-0.39, 0.29) is 11.0 Å². The highest BCUT2D eigenvalue weighted by Gasteiger charge is 2.54. The molecule has 0 amide bonds. The molecule has 3 aromatic rings. The summed E-state index contributed by atoms with van der Waals surface area (Å²) in [6.07, 6.45) is 9.80.